The van der Waals surface area contributed by atoms with Gasteiger partial charge in [0.2, 0.25) is 0 Å². The van der Waals surface area contributed by atoms with Crippen LogP contribution >= 0.6 is 0 Å². The van der Waals surface area contributed by atoms with Crippen LogP contribution in [0, 0.1) is 0 Å². The summed E-state index contributed by atoms with van der Waals surface area (Å²) in [5.41, 5.74) is 2.82. The molecule has 0 aliphatic heterocycles. The van der Waals surface area contributed by atoms with E-state index >= 15 is 0 Å². The molecule has 0 fully saturated rings. The van der Waals surface area contributed by atoms with Gasteiger partial charge in [-0.25, -0.2) is 0 Å². The molecule has 0 radical (unpaired) electrons. The summed E-state index contributed by atoms with van der Waals surface area (Å²) in [6.45, 7) is 10.2. The maximum absolute atomic E-state index is 2.24. The lowest BCUT2D eigenvalue weighted by Gasteiger charge is -2.15. The van der Waals surface area contributed by atoms with Crippen LogP contribution in [0.2, 0.25) is 0 Å². The van der Waals surface area contributed by atoms with Gasteiger partial charge in [0.1, 0.15) is 0 Å². The standard InChI is InChI=1S/C15H16.2C2H6/c1-2-15(13-9-5-3-6-10-13)14-11-7-4-8-12-14;2*1-2/h3-12,15H,2H2,1H3;2*1-2H3. The minimum Gasteiger partial charge on any atom is -0.0683 e. The number of benzene rings is 2. The third kappa shape index (κ3) is 5.74. The van der Waals surface area contributed by atoms with Gasteiger partial charge in [-0.3, -0.25) is 0 Å². The molecule has 0 atom stereocenters. The third-order valence-corrected chi connectivity index (χ3v) is 2.81. The first-order valence-electron chi connectivity index (χ1n) is 7.51. The van der Waals surface area contributed by atoms with Gasteiger partial charge >= 0.3 is 0 Å². The molecule has 0 nitrogen and oxygen atoms in total. The van der Waals surface area contributed by atoms with Crippen LogP contribution in [0.4, 0.5) is 0 Å². The molecule has 0 amide bonds. The van der Waals surface area contributed by atoms with Crippen LogP contribution in [0.3, 0.4) is 0 Å². The van der Waals surface area contributed by atoms with Crippen molar-refractivity contribution in [3.63, 3.8) is 0 Å². The van der Waals surface area contributed by atoms with Gasteiger partial charge in [-0.1, -0.05) is 95.3 Å². The second-order valence-corrected chi connectivity index (χ2v) is 3.78. The van der Waals surface area contributed by atoms with Gasteiger partial charge in [-0.2, -0.15) is 0 Å². The van der Waals surface area contributed by atoms with Gasteiger partial charge in [0.15, 0.2) is 0 Å². The highest BCUT2D eigenvalue weighted by Crippen LogP contribution is 2.26. The van der Waals surface area contributed by atoms with Crippen LogP contribution in [-0.4, -0.2) is 0 Å². The molecule has 0 aromatic heterocycles. The topological polar surface area (TPSA) is 0 Å². The minimum atomic E-state index is 0.535. The van der Waals surface area contributed by atoms with E-state index < -0.39 is 0 Å². The molecule has 2 aromatic carbocycles. The van der Waals surface area contributed by atoms with Crippen LogP contribution in [0.1, 0.15) is 58.1 Å². The third-order valence-electron chi connectivity index (χ3n) is 2.81. The average molecular weight is 256 g/mol. The van der Waals surface area contributed by atoms with Crippen LogP contribution in [-0.2, 0) is 0 Å². The fraction of sp³-hybridized carbons (Fsp3) is 0.368. The molecule has 0 bridgehead atoms. The Morgan fingerprint density at radius 2 is 0.947 bits per heavy atom. The summed E-state index contributed by atoms with van der Waals surface area (Å²) in [4.78, 5) is 0. The van der Waals surface area contributed by atoms with Crippen molar-refractivity contribution in [3.8, 4) is 0 Å². The van der Waals surface area contributed by atoms with Gasteiger partial charge in [0.05, 0.1) is 0 Å². The molecule has 19 heavy (non-hydrogen) atoms. The van der Waals surface area contributed by atoms with Crippen molar-refractivity contribution in [2.24, 2.45) is 0 Å². The predicted octanol–water partition coefficient (Wildman–Crippen LogP) is 6.28. The van der Waals surface area contributed by atoms with Crippen molar-refractivity contribution >= 4 is 0 Å². The van der Waals surface area contributed by atoms with E-state index in [2.05, 4.69) is 67.6 Å². The molecule has 0 spiro atoms. The molecular weight excluding hydrogens is 228 g/mol. The Morgan fingerprint density at radius 1 is 0.632 bits per heavy atom. The quantitative estimate of drug-likeness (QED) is 0.606. The fourth-order valence-electron chi connectivity index (χ4n) is 2.03. The summed E-state index contributed by atoms with van der Waals surface area (Å²) >= 11 is 0. The SMILES string of the molecule is CC.CC.CCC(c1ccccc1)c1ccccc1. The predicted molar refractivity (Wildman–Crippen MR) is 87.7 cm³/mol. The number of hydrogen-bond donors (Lipinski definition) is 0. The van der Waals surface area contributed by atoms with Crippen molar-refractivity contribution in [1.82, 2.24) is 0 Å². The first kappa shape index (κ1) is 17.4. The van der Waals surface area contributed by atoms with Crippen molar-refractivity contribution in [3.05, 3.63) is 71.8 Å². The molecule has 0 saturated carbocycles. The van der Waals surface area contributed by atoms with Gasteiger partial charge < -0.3 is 0 Å². The zero-order valence-corrected chi connectivity index (χ0v) is 13.1. The molecule has 0 aliphatic carbocycles. The maximum atomic E-state index is 2.24. The molecule has 0 N–H and O–H groups in total. The van der Waals surface area contributed by atoms with Crippen molar-refractivity contribution < 1.29 is 0 Å². The first-order valence-corrected chi connectivity index (χ1v) is 7.51. The summed E-state index contributed by atoms with van der Waals surface area (Å²) in [5.74, 6) is 0.535. The van der Waals surface area contributed by atoms with Crippen LogP contribution in [0.5, 0.6) is 0 Å². The first-order chi connectivity index (χ1) is 9.42. The summed E-state index contributed by atoms with van der Waals surface area (Å²) in [6, 6.07) is 21.4. The van der Waals surface area contributed by atoms with E-state index in [1.807, 2.05) is 27.7 Å². The van der Waals surface area contributed by atoms with Crippen molar-refractivity contribution in [2.45, 2.75) is 47.0 Å². The Balaban J connectivity index is 0.000000741. The molecule has 2 aromatic rings. The monoisotopic (exact) mass is 256 g/mol. The normalized spacial score (nSPS) is 8.95. The summed E-state index contributed by atoms with van der Waals surface area (Å²) in [6.07, 6.45) is 1.15. The van der Waals surface area contributed by atoms with Crippen LogP contribution in [0.15, 0.2) is 60.7 Å². The van der Waals surface area contributed by atoms with Crippen molar-refractivity contribution in [1.29, 1.82) is 0 Å². The molecule has 0 unspecified atom stereocenters. The zero-order valence-electron chi connectivity index (χ0n) is 13.1. The summed E-state index contributed by atoms with van der Waals surface area (Å²) in [5, 5.41) is 0. The van der Waals surface area contributed by atoms with E-state index in [4.69, 9.17) is 0 Å². The lowest BCUT2D eigenvalue weighted by Crippen LogP contribution is -1.98. The average Bonchev–Trinajstić information content (AvgIpc) is 2.54. The highest BCUT2D eigenvalue weighted by atomic mass is 14.1. The van der Waals surface area contributed by atoms with Gasteiger partial charge in [-0.05, 0) is 17.5 Å². The van der Waals surface area contributed by atoms with Gasteiger partial charge in [0.25, 0.3) is 0 Å². The van der Waals surface area contributed by atoms with Crippen molar-refractivity contribution in [2.75, 3.05) is 0 Å². The van der Waals surface area contributed by atoms with E-state index in [0.717, 1.165) is 6.42 Å². The lowest BCUT2D eigenvalue weighted by atomic mass is 9.89. The smallest absolute Gasteiger partial charge is 0.00867 e. The molecule has 0 heterocycles. The molecular formula is C19H28. The number of hydrogen-bond acceptors (Lipinski definition) is 0. The Hall–Kier alpha value is -1.56. The molecule has 0 heteroatoms. The maximum Gasteiger partial charge on any atom is 0.00867 e. The van der Waals surface area contributed by atoms with Crippen LogP contribution < -0.4 is 0 Å². The lowest BCUT2D eigenvalue weighted by molar-refractivity contribution is 0.777. The number of rotatable bonds is 3. The van der Waals surface area contributed by atoms with Gasteiger partial charge in [-0.15, -0.1) is 0 Å². The van der Waals surface area contributed by atoms with E-state index in [9.17, 15) is 0 Å². The van der Waals surface area contributed by atoms with Gasteiger partial charge in [0, 0.05) is 5.92 Å². The second kappa shape index (κ2) is 11.5. The summed E-state index contributed by atoms with van der Waals surface area (Å²) in [7, 11) is 0. The highest BCUT2D eigenvalue weighted by Gasteiger charge is 2.10. The largest absolute Gasteiger partial charge is 0.0683 e. The molecule has 0 saturated heterocycles. The Bertz CT molecular complexity index is 349. The summed E-state index contributed by atoms with van der Waals surface area (Å²) < 4.78 is 0. The van der Waals surface area contributed by atoms with E-state index in [0.29, 0.717) is 5.92 Å². The van der Waals surface area contributed by atoms with E-state index in [1.165, 1.54) is 11.1 Å². The Kier molecular flexibility index (Phi) is 10.6. The fourth-order valence-corrected chi connectivity index (χ4v) is 2.03. The minimum absolute atomic E-state index is 0.535. The highest BCUT2D eigenvalue weighted by molar-refractivity contribution is 5.31. The molecule has 2 rings (SSSR count). The zero-order chi connectivity index (χ0) is 14.5. The van der Waals surface area contributed by atoms with Crippen LogP contribution in [0.25, 0.3) is 0 Å². The van der Waals surface area contributed by atoms with E-state index in [-0.39, 0.29) is 0 Å². The Labute approximate surface area is 119 Å². The molecule has 0 aliphatic rings. The second-order valence-electron chi connectivity index (χ2n) is 3.78. The van der Waals surface area contributed by atoms with E-state index in [1.54, 1.807) is 0 Å². The molecule has 104 valence electrons. The Morgan fingerprint density at radius 3 is 1.21 bits per heavy atom.